The Bertz CT molecular complexity index is 416. The van der Waals surface area contributed by atoms with Gasteiger partial charge in [0.1, 0.15) is 0 Å². The van der Waals surface area contributed by atoms with Gasteiger partial charge in [-0.05, 0) is 6.92 Å². The van der Waals surface area contributed by atoms with Crippen molar-refractivity contribution in [2.75, 3.05) is 12.4 Å². The lowest BCUT2D eigenvalue weighted by Crippen LogP contribution is -2.39. The molecule has 0 spiro atoms. The molecule has 1 amide bonds. The Morgan fingerprint density at radius 2 is 2.43 bits per heavy atom. The van der Waals surface area contributed by atoms with E-state index in [1.54, 1.807) is 0 Å². The number of nitrogens with one attached hydrogen (secondary N) is 1. The number of hydrogen-bond donors (Lipinski definition) is 2. The van der Waals surface area contributed by atoms with Crippen molar-refractivity contribution in [1.82, 2.24) is 19.8 Å². The molecule has 3 N–H and O–H groups in total. The molecule has 0 aliphatic carbocycles. The van der Waals surface area contributed by atoms with Crippen LogP contribution in [0.25, 0.3) is 0 Å². The van der Waals surface area contributed by atoms with Crippen LogP contribution in [0.5, 0.6) is 0 Å². The summed E-state index contributed by atoms with van der Waals surface area (Å²) in [6.45, 7) is 5.21. The highest BCUT2D eigenvalue weighted by atomic mass is 16.2. The number of rotatable bonds is 2. The summed E-state index contributed by atoms with van der Waals surface area (Å²) in [6, 6.07) is -0.623. The molecule has 76 valence electrons. The van der Waals surface area contributed by atoms with Crippen molar-refractivity contribution in [1.29, 1.82) is 0 Å². The Morgan fingerprint density at radius 1 is 1.79 bits per heavy atom. The van der Waals surface area contributed by atoms with Crippen LogP contribution >= 0.6 is 0 Å². The molecule has 1 rings (SSSR count). The quantitative estimate of drug-likeness (QED) is 0.460. The summed E-state index contributed by atoms with van der Waals surface area (Å²) in [5.74, 6) is 5.56. The fourth-order valence-electron chi connectivity index (χ4n) is 0.843. The van der Waals surface area contributed by atoms with Crippen molar-refractivity contribution in [2.45, 2.75) is 6.92 Å². The lowest BCUT2D eigenvalue weighted by atomic mass is 10.6. The van der Waals surface area contributed by atoms with Gasteiger partial charge in [-0.25, -0.2) is 9.59 Å². The first kappa shape index (κ1) is 10.0. The monoisotopic (exact) mass is 197 g/mol. The summed E-state index contributed by atoms with van der Waals surface area (Å²) in [4.78, 5) is 22.5. The fourth-order valence-corrected chi connectivity index (χ4v) is 0.843. The van der Waals surface area contributed by atoms with E-state index in [1.165, 1.54) is 13.0 Å². The number of carbonyl (C=O) groups is 1. The van der Waals surface area contributed by atoms with Crippen molar-refractivity contribution >= 4 is 6.03 Å². The van der Waals surface area contributed by atoms with Gasteiger partial charge < -0.3 is 11.2 Å². The van der Waals surface area contributed by atoms with Crippen LogP contribution < -0.4 is 16.8 Å². The van der Waals surface area contributed by atoms with E-state index in [1.807, 2.05) is 0 Å². The Labute approximate surface area is 79.8 Å². The second-order valence-electron chi connectivity index (χ2n) is 2.59. The van der Waals surface area contributed by atoms with Crippen LogP contribution in [-0.2, 0) is 0 Å². The molecular formula is C7H11N5O2. The summed E-state index contributed by atoms with van der Waals surface area (Å²) >= 11 is 0. The molecule has 7 heteroatoms. The Morgan fingerprint density at radius 3 is 2.86 bits per heavy atom. The van der Waals surface area contributed by atoms with Gasteiger partial charge in [0.15, 0.2) is 5.82 Å². The van der Waals surface area contributed by atoms with E-state index >= 15 is 0 Å². The number of amides is 1. The predicted octanol–water partition coefficient (Wildman–Crippen LogP) is -1.19. The maximum absolute atomic E-state index is 11.3. The minimum absolute atomic E-state index is 0.266. The van der Waals surface area contributed by atoms with Crippen molar-refractivity contribution in [3.05, 3.63) is 29.0 Å². The number of nitrogen functional groups attached to an aromatic ring is 1. The third-order valence-corrected chi connectivity index (χ3v) is 1.57. The molecule has 0 saturated heterocycles. The molecule has 1 heterocycles. The zero-order valence-electron chi connectivity index (χ0n) is 7.73. The van der Waals surface area contributed by atoms with Crippen molar-refractivity contribution in [3.8, 4) is 0 Å². The maximum Gasteiger partial charge on any atom is 0.373 e. The molecule has 0 bridgehead atoms. The first-order valence-electron chi connectivity index (χ1n) is 3.90. The zero-order chi connectivity index (χ0) is 10.7. The fraction of sp³-hybridized carbons (Fsp3) is 0.286. The minimum atomic E-state index is -0.677. The van der Waals surface area contributed by atoms with Crippen molar-refractivity contribution in [2.24, 2.45) is 0 Å². The highest BCUT2D eigenvalue weighted by Crippen LogP contribution is 1.83. The van der Waals surface area contributed by atoms with Gasteiger partial charge in [0.05, 0.1) is 0 Å². The largest absolute Gasteiger partial charge is 0.373 e. The summed E-state index contributed by atoms with van der Waals surface area (Å²) in [7, 11) is 0. The van der Waals surface area contributed by atoms with Gasteiger partial charge in [-0.15, -0.1) is 16.4 Å². The second-order valence-corrected chi connectivity index (χ2v) is 2.59. The normalized spacial score (nSPS) is 9.79. The highest BCUT2D eigenvalue weighted by Gasteiger charge is 2.12. The molecule has 1 aromatic heterocycles. The SMILES string of the molecule is C=CCNC(=O)n1nc(C)n(N)c1=O. The third kappa shape index (κ3) is 1.65. The van der Waals surface area contributed by atoms with Crippen LogP contribution in [0.4, 0.5) is 4.79 Å². The second kappa shape index (κ2) is 3.77. The first-order valence-corrected chi connectivity index (χ1v) is 3.90. The van der Waals surface area contributed by atoms with Crippen LogP contribution in [0.15, 0.2) is 17.4 Å². The van der Waals surface area contributed by atoms with Crippen LogP contribution in [-0.4, -0.2) is 27.0 Å². The van der Waals surface area contributed by atoms with Crippen LogP contribution in [0.1, 0.15) is 5.82 Å². The Hall–Kier alpha value is -2.05. The van der Waals surface area contributed by atoms with Crippen LogP contribution in [0.2, 0.25) is 0 Å². The third-order valence-electron chi connectivity index (χ3n) is 1.57. The molecule has 1 aromatic rings. The number of aryl methyl sites for hydroxylation is 1. The maximum atomic E-state index is 11.3. The van der Waals surface area contributed by atoms with Gasteiger partial charge in [0.2, 0.25) is 0 Å². The minimum Gasteiger partial charge on any atom is -0.333 e. The smallest absolute Gasteiger partial charge is 0.333 e. The molecular weight excluding hydrogens is 186 g/mol. The molecule has 0 aliphatic rings. The van der Waals surface area contributed by atoms with E-state index < -0.39 is 11.7 Å². The van der Waals surface area contributed by atoms with Crippen molar-refractivity contribution in [3.63, 3.8) is 0 Å². The number of nitrogens with zero attached hydrogens (tertiary/aromatic N) is 3. The molecule has 0 unspecified atom stereocenters. The van der Waals surface area contributed by atoms with E-state index in [-0.39, 0.29) is 12.4 Å². The van der Waals surface area contributed by atoms with Gasteiger partial charge in [0, 0.05) is 6.54 Å². The lowest BCUT2D eigenvalue weighted by Gasteiger charge is -1.98. The Kier molecular flexibility index (Phi) is 2.70. The number of aromatic nitrogens is 3. The van der Waals surface area contributed by atoms with Crippen molar-refractivity contribution < 1.29 is 4.79 Å². The molecule has 0 atom stereocenters. The highest BCUT2D eigenvalue weighted by molar-refractivity contribution is 5.75. The molecule has 0 fully saturated rings. The summed E-state index contributed by atoms with van der Waals surface area (Å²) < 4.78 is 1.46. The predicted molar refractivity (Wildman–Crippen MR) is 50.4 cm³/mol. The van der Waals surface area contributed by atoms with E-state index in [9.17, 15) is 9.59 Å². The van der Waals surface area contributed by atoms with Gasteiger partial charge in [-0.1, -0.05) is 6.08 Å². The standard InChI is InChI=1S/C7H11N5O2/c1-3-4-9-6(13)12-7(14)11(8)5(2)10-12/h3H,1,4,8H2,2H3,(H,9,13). The van der Waals surface area contributed by atoms with E-state index in [4.69, 9.17) is 5.84 Å². The molecule has 0 aromatic carbocycles. The molecule has 0 radical (unpaired) electrons. The summed E-state index contributed by atoms with van der Waals surface area (Å²) in [6.07, 6.45) is 1.50. The van der Waals surface area contributed by atoms with Crippen LogP contribution in [0, 0.1) is 6.92 Å². The lowest BCUT2D eigenvalue weighted by molar-refractivity contribution is 0.239. The zero-order valence-corrected chi connectivity index (χ0v) is 7.73. The average molecular weight is 197 g/mol. The first-order chi connectivity index (χ1) is 6.57. The van der Waals surface area contributed by atoms with E-state index in [2.05, 4.69) is 17.0 Å². The Balaban J connectivity index is 2.96. The van der Waals surface area contributed by atoms with Gasteiger partial charge >= 0.3 is 11.7 Å². The molecule has 0 saturated carbocycles. The van der Waals surface area contributed by atoms with Gasteiger partial charge in [-0.2, -0.15) is 4.68 Å². The topological polar surface area (TPSA) is 94.9 Å². The number of nitrogens with two attached hydrogens (primary N) is 1. The summed E-state index contributed by atoms with van der Waals surface area (Å²) in [5, 5.41) is 6.06. The van der Waals surface area contributed by atoms with E-state index in [0.29, 0.717) is 4.68 Å². The molecule has 7 nitrogen and oxygen atoms in total. The number of carbonyl (C=O) groups excluding carboxylic acids is 1. The van der Waals surface area contributed by atoms with Gasteiger partial charge in [0.25, 0.3) is 0 Å². The van der Waals surface area contributed by atoms with E-state index in [0.717, 1.165) is 4.68 Å². The molecule has 0 aliphatic heterocycles. The average Bonchev–Trinajstić information content (AvgIpc) is 2.42. The number of hydrogen-bond acceptors (Lipinski definition) is 4. The molecule has 14 heavy (non-hydrogen) atoms. The van der Waals surface area contributed by atoms with Gasteiger partial charge in [-0.3, -0.25) is 0 Å². The van der Waals surface area contributed by atoms with Crippen LogP contribution in [0.3, 0.4) is 0 Å². The summed E-state index contributed by atoms with van der Waals surface area (Å²) in [5.41, 5.74) is -0.677.